The van der Waals surface area contributed by atoms with Crippen molar-refractivity contribution in [2.24, 2.45) is 7.05 Å². The zero-order chi connectivity index (χ0) is 22.8. The second kappa shape index (κ2) is 7.37. The summed E-state index contributed by atoms with van der Waals surface area (Å²) in [6.07, 6.45) is 2.99. The van der Waals surface area contributed by atoms with Crippen molar-refractivity contribution in [2.75, 3.05) is 13.1 Å². The molecule has 7 nitrogen and oxygen atoms in total. The van der Waals surface area contributed by atoms with E-state index in [0.717, 1.165) is 29.9 Å². The molecule has 0 spiro atoms. The third-order valence-corrected chi connectivity index (χ3v) is 9.22. The highest BCUT2D eigenvalue weighted by atomic mass is 32.2. The van der Waals surface area contributed by atoms with E-state index in [1.165, 1.54) is 11.8 Å². The van der Waals surface area contributed by atoms with Crippen LogP contribution in [0.15, 0.2) is 23.2 Å². The molecule has 0 saturated carbocycles. The van der Waals surface area contributed by atoms with E-state index in [2.05, 4.69) is 24.2 Å². The predicted octanol–water partition coefficient (Wildman–Crippen LogP) is -1.78. The van der Waals surface area contributed by atoms with Crippen LogP contribution in [-0.4, -0.2) is 77.8 Å². The number of benzene rings is 1. The molecule has 0 N–H and O–H groups in total. The standard InChI is InChI=1S/C19H29B4N3O4S/c1-11-8-15-16(30-19(22,23)18(20,21)29-15)9-14(11)13-4-6-26(7-5-13)31(27,28)17-10-24-25(3)12(17)2/h8-10,13H,4-7,20-23H2,1-3H3. The summed E-state index contributed by atoms with van der Waals surface area (Å²) in [5.41, 5.74) is 3.03. The molecule has 2 aliphatic heterocycles. The van der Waals surface area contributed by atoms with Gasteiger partial charge in [0.1, 0.15) is 36.3 Å². The van der Waals surface area contributed by atoms with Gasteiger partial charge in [0.15, 0.2) is 11.5 Å². The molecular formula is C19H29B4N3O4S. The Morgan fingerprint density at radius 1 is 1.03 bits per heavy atom. The summed E-state index contributed by atoms with van der Waals surface area (Å²) in [5, 5.41) is 3.21. The molecule has 0 amide bonds. The number of sulfonamides is 1. The fourth-order valence-electron chi connectivity index (χ4n) is 4.35. The van der Waals surface area contributed by atoms with Gasteiger partial charge in [0.25, 0.3) is 0 Å². The largest absolute Gasteiger partial charge is 0.499 e. The molecule has 1 aromatic carbocycles. The number of hydrogen-bond donors (Lipinski definition) is 0. The Bertz CT molecular complexity index is 1130. The Hall–Kier alpha value is -1.80. The second-order valence-corrected chi connectivity index (χ2v) is 11.7. The van der Waals surface area contributed by atoms with E-state index in [1.807, 2.05) is 31.4 Å². The van der Waals surface area contributed by atoms with Gasteiger partial charge in [-0.05, 0) is 55.9 Å². The Morgan fingerprint density at radius 2 is 1.58 bits per heavy atom. The summed E-state index contributed by atoms with van der Waals surface area (Å²) in [6.45, 7) is 4.86. The molecule has 1 fully saturated rings. The molecule has 0 radical (unpaired) electrons. The number of aromatic nitrogens is 2. The lowest BCUT2D eigenvalue weighted by Gasteiger charge is -2.47. The zero-order valence-electron chi connectivity index (χ0n) is 19.5. The van der Waals surface area contributed by atoms with Crippen molar-refractivity contribution in [2.45, 2.75) is 48.3 Å². The Kier molecular flexibility index (Phi) is 5.33. The van der Waals surface area contributed by atoms with Gasteiger partial charge in [-0.3, -0.25) is 4.68 Å². The number of aryl methyl sites for hydroxylation is 2. The van der Waals surface area contributed by atoms with E-state index in [0.29, 0.717) is 23.7 Å². The van der Waals surface area contributed by atoms with Crippen LogP contribution in [-0.2, 0) is 17.1 Å². The molecule has 1 aromatic heterocycles. The second-order valence-electron chi connectivity index (χ2n) is 9.78. The van der Waals surface area contributed by atoms with Crippen molar-refractivity contribution in [1.82, 2.24) is 14.1 Å². The minimum absolute atomic E-state index is 0.286. The van der Waals surface area contributed by atoms with E-state index in [9.17, 15) is 8.42 Å². The number of hydrogen-bond acceptors (Lipinski definition) is 5. The van der Waals surface area contributed by atoms with E-state index >= 15 is 0 Å². The molecule has 3 heterocycles. The molecule has 31 heavy (non-hydrogen) atoms. The van der Waals surface area contributed by atoms with Gasteiger partial charge in [-0.25, -0.2) is 8.42 Å². The molecule has 162 valence electrons. The van der Waals surface area contributed by atoms with Crippen LogP contribution in [0.1, 0.15) is 35.6 Å². The fraction of sp³-hybridized carbons (Fsp3) is 0.526. The van der Waals surface area contributed by atoms with Crippen LogP contribution >= 0.6 is 0 Å². The number of rotatable bonds is 3. The maximum atomic E-state index is 13.1. The molecule has 4 rings (SSSR count). The highest BCUT2D eigenvalue weighted by Crippen LogP contribution is 2.43. The van der Waals surface area contributed by atoms with Gasteiger partial charge in [0.05, 0.1) is 22.7 Å². The lowest BCUT2D eigenvalue weighted by molar-refractivity contribution is 0.0615. The first-order valence-corrected chi connectivity index (χ1v) is 12.3. The van der Waals surface area contributed by atoms with E-state index < -0.39 is 20.8 Å². The normalized spacial score (nSPS) is 21.1. The molecule has 2 aliphatic rings. The van der Waals surface area contributed by atoms with Crippen LogP contribution in [0.2, 0.25) is 0 Å². The van der Waals surface area contributed by atoms with Crippen LogP contribution in [0.3, 0.4) is 0 Å². The third-order valence-electron chi connectivity index (χ3n) is 7.21. The summed E-state index contributed by atoms with van der Waals surface area (Å²) in [6, 6.07) is 4.16. The van der Waals surface area contributed by atoms with Gasteiger partial charge >= 0.3 is 0 Å². The van der Waals surface area contributed by atoms with Gasteiger partial charge in [-0.2, -0.15) is 9.40 Å². The van der Waals surface area contributed by atoms with Crippen molar-refractivity contribution in [1.29, 1.82) is 0 Å². The first kappa shape index (κ1) is 22.4. The lowest BCUT2D eigenvalue weighted by Crippen LogP contribution is -2.65. The number of nitrogens with zero attached hydrogens (tertiary/aromatic N) is 3. The van der Waals surface area contributed by atoms with Crippen molar-refractivity contribution in [3.05, 3.63) is 35.2 Å². The molecule has 2 aromatic rings. The van der Waals surface area contributed by atoms with Crippen LogP contribution in [0.4, 0.5) is 0 Å². The van der Waals surface area contributed by atoms with Crippen molar-refractivity contribution >= 4 is 41.4 Å². The van der Waals surface area contributed by atoms with Gasteiger partial charge in [0.2, 0.25) is 10.0 Å². The van der Waals surface area contributed by atoms with Crippen LogP contribution in [0, 0.1) is 13.8 Å². The van der Waals surface area contributed by atoms with Crippen LogP contribution in [0.5, 0.6) is 11.5 Å². The molecule has 0 unspecified atom stereocenters. The maximum absolute atomic E-state index is 13.1. The van der Waals surface area contributed by atoms with E-state index in [4.69, 9.17) is 9.47 Å². The first-order chi connectivity index (χ1) is 14.3. The molecule has 0 atom stereocenters. The topological polar surface area (TPSA) is 73.7 Å². The maximum Gasteiger partial charge on any atom is 0.246 e. The van der Waals surface area contributed by atoms with Gasteiger partial charge in [0, 0.05) is 20.1 Å². The Morgan fingerprint density at radius 3 is 2.10 bits per heavy atom. The van der Waals surface area contributed by atoms with E-state index in [-0.39, 0.29) is 5.92 Å². The average Bonchev–Trinajstić information content (AvgIpc) is 3.02. The summed E-state index contributed by atoms with van der Waals surface area (Å²) < 4.78 is 42.0. The van der Waals surface area contributed by atoms with Gasteiger partial charge in [-0.1, -0.05) is 0 Å². The molecule has 12 heteroatoms. The van der Waals surface area contributed by atoms with E-state index in [1.54, 1.807) is 23.0 Å². The Labute approximate surface area is 188 Å². The summed E-state index contributed by atoms with van der Waals surface area (Å²) in [4.78, 5) is 0.300. The fourth-order valence-corrected chi connectivity index (χ4v) is 6.01. The average molecular weight is 439 g/mol. The molecule has 1 saturated heterocycles. The van der Waals surface area contributed by atoms with Crippen molar-refractivity contribution in [3.8, 4) is 11.5 Å². The quantitative estimate of drug-likeness (QED) is 0.530. The highest BCUT2D eigenvalue weighted by molar-refractivity contribution is 7.89. The van der Waals surface area contributed by atoms with Crippen LogP contribution in [0.25, 0.3) is 0 Å². The SMILES string of the molecule is BC1(B)Oc2cc(C)c(C3CCN(S(=O)(=O)c4cnn(C)c4C)CC3)cc2OC1(B)B. The number of piperidine rings is 1. The Balaban J connectivity index is 1.54. The summed E-state index contributed by atoms with van der Waals surface area (Å²) >= 11 is 0. The van der Waals surface area contributed by atoms with Crippen molar-refractivity contribution in [3.63, 3.8) is 0 Å². The monoisotopic (exact) mass is 439 g/mol. The number of fused-ring (bicyclic) bond motifs is 1. The summed E-state index contributed by atoms with van der Waals surface area (Å²) in [7, 11) is 6.40. The summed E-state index contributed by atoms with van der Waals surface area (Å²) in [5.74, 6) is 1.83. The molecule has 0 bridgehead atoms. The third kappa shape index (κ3) is 3.71. The lowest BCUT2D eigenvalue weighted by atomic mass is 9.41. The first-order valence-electron chi connectivity index (χ1n) is 10.8. The number of ether oxygens (including phenoxy) is 2. The van der Waals surface area contributed by atoms with Gasteiger partial charge in [-0.15, -0.1) is 0 Å². The predicted molar refractivity (Wildman–Crippen MR) is 131 cm³/mol. The zero-order valence-corrected chi connectivity index (χ0v) is 20.3. The smallest absolute Gasteiger partial charge is 0.246 e. The molecule has 0 aliphatic carbocycles. The van der Waals surface area contributed by atoms with Crippen LogP contribution < -0.4 is 9.47 Å². The minimum atomic E-state index is -3.53. The van der Waals surface area contributed by atoms with Gasteiger partial charge < -0.3 is 9.47 Å². The molecular weight excluding hydrogens is 410 g/mol. The highest BCUT2D eigenvalue weighted by Gasteiger charge is 2.45. The minimum Gasteiger partial charge on any atom is -0.499 e. The van der Waals surface area contributed by atoms with Crippen molar-refractivity contribution < 1.29 is 17.9 Å².